The van der Waals surface area contributed by atoms with Crippen LogP contribution in [-0.4, -0.2) is 16.8 Å². The first-order valence-corrected chi connectivity index (χ1v) is 7.08. The van der Waals surface area contributed by atoms with Gasteiger partial charge in [0, 0.05) is 29.2 Å². The average molecular weight is 321 g/mol. The van der Waals surface area contributed by atoms with Crippen molar-refractivity contribution in [1.82, 2.24) is 0 Å². The molecule has 0 aliphatic heterocycles. The molecule has 0 radical (unpaired) electrons. The molecule has 2 rings (SSSR count). The minimum atomic E-state index is -0.601. The number of nitrogens with one attached hydrogen (secondary N) is 2. The van der Waals surface area contributed by atoms with Crippen molar-refractivity contribution in [3.05, 3.63) is 65.9 Å². The third kappa shape index (κ3) is 4.45. The van der Waals surface area contributed by atoms with Crippen molar-refractivity contribution >= 4 is 23.1 Å². The van der Waals surface area contributed by atoms with Gasteiger partial charge >= 0.3 is 0 Å². The summed E-state index contributed by atoms with van der Waals surface area (Å²) in [5.74, 6) is -0.629. The highest BCUT2D eigenvalue weighted by molar-refractivity contribution is 6.06. The fourth-order valence-electron chi connectivity index (χ4n) is 1.89. The van der Waals surface area contributed by atoms with Gasteiger partial charge in [-0.15, -0.1) is 0 Å². The van der Waals surface area contributed by atoms with Crippen molar-refractivity contribution in [3.63, 3.8) is 0 Å². The molecule has 2 aromatic carbocycles. The van der Waals surface area contributed by atoms with Gasteiger partial charge in [-0.3, -0.25) is 9.59 Å². The lowest BCUT2D eigenvalue weighted by Crippen LogP contribution is -2.14. The molecular weight excluding hydrogens is 306 g/mol. The van der Waals surface area contributed by atoms with E-state index in [1.165, 1.54) is 25.3 Å². The molecule has 3 N–H and O–H groups in total. The molecule has 0 spiro atoms. The quantitative estimate of drug-likeness (QED) is 0.446. The summed E-state index contributed by atoms with van der Waals surface area (Å²) in [7, 11) is 0. The fraction of sp³-hybridized carbons (Fsp3) is 0.0556. The van der Waals surface area contributed by atoms with Crippen molar-refractivity contribution in [2.45, 2.75) is 6.92 Å². The molecule has 6 heteroatoms. The Morgan fingerprint density at radius 1 is 1.12 bits per heavy atom. The van der Waals surface area contributed by atoms with Gasteiger partial charge in [0.1, 0.15) is 17.4 Å². The van der Waals surface area contributed by atoms with Crippen LogP contribution in [0.25, 0.3) is 0 Å². The second-order valence-corrected chi connectivity index (χ2v) is 4.95. The molecule has 0 fully saturated rings. The van der Waals surface area contributed by atoms with Gasteiger partial charge in [-0.25, -0.2) is 0 Å². The predicted molar refractivity (Wildman–Crippen MR) is 90.5 cm³/mol. The molecule has 0 heterocycles. The van der Waals surface area contributed by atoms with Gasteiger partial charge in [0.15, 0.2) is 5.78 Å². The van der Waals surface area contributed by atoms with E-state index in [0.717, 1.165) is 0 Å². The summed E-state index contributed by atoms with van der Waals surface area (Å²) in [5, 5.41) is 23.8. The summed E-state index contributed by atoms with van der Waals surface area (Å²) >= 11 is 0. The molecule has 0 aliphatic rings. The third-order valence-electron chi connectivity index (χ3n) is 3.14. The molecule has 0 aliphatic carbocycles. The first-order valence-electron chi connectivity index (χ1n) is 7.08. The zero-order valence-electron chi connectivity index (χ0n) is 12.9. The van der Waals surface area contributed by atoms with Crippen LogP contribution in [0.2, 0.25) is 0 Å². The van der Waals surface area contributed by atoms with Gasteiger partial charge in [-0.2, -0.15) is 5.26 Å². The van der Waals surface area contributed by atoms with Gasteiger partial charge in [-0.05, 0) is 43.3 Å². The normalized spacial score (nSPS) is 10.6. The van der Waals surface area contributed by atoms with Crippen LogP contribution in [0.1, 0.15) is 17.3 Å². The molecular formula is C18H15N3O3. The number of hydrogen-bond donors (Lipinski definition) is 3. The number of carbonyl (C=O) groups is 2. The number of phenols is 1. The second-order valence-electron chi connectivity index (χ2n) is 4.95. The zero-order chi connectivity index (χ0) is 17.5. The lowest BCUT2D eigenvalue weighted by atomic mass is 10.1. The Morgan fingerprint density at radius 2 is 1.83 bits per heavy atom. The van der Waals surface area contributed by atoms with Crippen molar-refractivity contribution < 1.29 is 14.7 Å². The largest absolute Gasteiger partial charge is 0.508 e. The van der Waals surface area contributed by atoms with E-state index in [2.05, 4.69) is 10.6 Å². The summed E-state index contributed by atoms with van der Waals surface area (Å²) < 4.78 is 0. The molecule has 0 unspecified atom stereocenters. The number of benzene rings is 2. The van der Waals surface area contributed by atoms with Crippen LogP contribution >= 0.6 is 0 Å². The number of anilines is 2. The molecule has 0 aromatic heterocycles. The van der Waals surface area contributed by atoms with Gasteiger partial charge in [0.05, 0.1) is 0 Å². The molecule has 0 saturated heterocycles. The molecule has 0 bridgehead atoms. The van der Waals surface area contributed by atoms with Crippen molar-refractivity contribution in [3.8, 4) is 11.8 Å². The Bertz CT molecular complexity index is 833. The highest BCUT2D eigenvalue weighted by Gasteiger charge is 2.09. The average Bonchev–Trinajstić information content (AvgIpc) is 2.56. The number of phenolic OH excluding ortho intramolecular Hbond substituents is 1. The van der Waals surface area contributed by atoms with Crippen LogP contribution in [0.15, 0.2) is 60.3 Å². The number of Topliss-reactive ketones (excluding diaryl/α,β-unsaturated/α-hetero) is 1. The Hall–Kier alpha value is -3.59. The van der Waals surface area contributed by atoms with Crippen molar-refractivity contribution in [2.24, 2.45) is 0 Å². The van der Waals surface area contributed by atoms with Crippen LogP contribution in [-0.2, 0) is 4.79 Å². The number of hydrogen-bond acceptors (Lipinski definition) is 5. The van der Waals surface area contributed by atoms with Gasteiger partial charge in [-0.1, -0.05) is 6.07 Å². The highest BCUT2D eigenvalue weighted by Crippen LogP contribution is 2.16. The topological polar surface area (TPSA) is 102 Å². The number of ketones is 1. The summed E-state index contributed by atoms with van der Waals surface area (Å²) in [6.07, 6.45) is 1.28. The molecule has 6 nitrogen and oxygen atoms in total. The van der Waals surface area contributed by atoms with Crippen LogP contribution in [0, 0.1) is 11.3 Å². The minimum absolute atomic E-state index is 0.0129. The lowest BCUT2D eigenvalue weighted by molar-refractivity contribution is -0.112. The minimum Gasteiger partial charge on any atom is -0.508 e. The monoisotopic (exact) mass is 321 g/mol. The third-order valence-corrected chi connectivity index (χ3v) is 3.14. The standard InChI is InChI=1S/C18H15N3O3/c1-12(22)13-5-7-15(8-6-13)20-11-14(10-19)18(24)21-16-3-2-4-17(23)9-16/h2-9,11,20,23H,1H3,(H,21,24)/b14-11-. The highest BCUT2D eigenvalue weighted by atomic mass is 16.3. The molecule has 120 valence electrons. The first-order chi connectivity index (χ1) is 11.5. The van der Waals surface area contributed by atoms with E-state index in [0.29, 0.717) is 16.9 Å². The van der Waals surface area contributed by atoms with E-state index in [1.54, 1.807) is 42.5 Å². The van der Waals surface area contributed by atoms with Gasteiger partial charge < -0.3 is 15.7 Å². The van der Waals surface area contributed by atoms with Crippen LogP contribution in [0.3, 0.4) is 0 Å². The number of aromatic hydroxyl groups is 1. The van der Waals surface area contributed by atoms with Crippen molar-refractivity contribution in [2.75, 3.05) is 10.6 Å². The maximum absolute atomic E-state index is 12.1. The number of amides is 1. The van der Waals surface area contributed by atoms with E-state index in [4.69, 9.17) is 5.26 Å². The van der Waals surface area contributed by atoms with Crippen LogP contribution < -0.4 is 10.6 Å². The molecule has 0 saturated carbocycles. The number of rotatable bonds is 5. The summed E-state index contributed by atoms with van der Waals surface area (Å²) in [5.41, 5.74) is 1.46. The van der Waals surface area contributed by atoms with Crippen LogP contribution in [0.4, 0.5) is 11.4 Å². The Balaban J connectivity index is 2.07. The number of nitriles is 1. The summed E-state index contributed by atoms with van der Waals surface area (Å²) in [4.78, 5) is 23.3. The Kier molecular flexibility index (Phi) is 5.32. The fourth-order valence-corrected chi connectivity index (χ4v) is 1.89. The molecule has 2 aromatic rings. The Morgan fingerprint density at radius 3 is 2.42 bits per heavy atom. The van der Waals surface area contributed by atoms with Crippen LogP contribution in [0.5, 0.6) is 5.75 Å². The second kappa shape index (κ2) is 7.61. The van der Waals surface area contributed by atoms with Crippen molar-refractivity contribution in [1.29, 1.82) is 5.26 Å². The summed E-state index contributed by atoms with van der Waals surface area (Å²) in [6.45, 7) is 1.47. The van der Waals surface area contributed by atoms with Gasteiger partial charge in [0.2, 0.25) is 0 Å². The Labute approximate surface area is 139 Å². The van der Waals surface area contributed by atoms with E-state index in [-0.39, 0.29) is 17.1 Å². The molecule has 1 amide bonds. The zero-order valence-corrected chi connectivity index (χ0v) is 12.9. The predicted octanol–water partition coefficient (Wildman–Crippen LogP) is 3.05. The molecule has 0 atom stereocenters. The number of nitrogens with zero attached hydrogens (tertiary/aromatic N) is 1. The smallest absolute Gasteiger partial charge is 0.267 e. The van der Waals surface area contributed by atoms with E-state index in [9.17, 15) is 14.7 Å². The van der Waals surface area contributed by atoms with E-state index < -0.39 is 5.91 Å². The maximum atomic E-state index is 12.1. The summed E-state index contributed by atoms with van der Waals surface area (Å²) in [6, 6.07) is 14.5. The van der Waals surface area contributed by atoms with Gasteiger partial charge in [0.25, 0.3) is 5.91 Å². The molecule has 24 heavy (non-hydrogen) atoms. The van der Waals surface area contributed by atoms with E-state index in [1.807, 2.05) is 0 Å². The first kappa shape index (κ1) is 16.8. The SMILES string of the molecule is CC(=O)c1ccc(N/C=C(/C#N)C(=O)Nc2cccc(O)c2)cc1. The van der Waals surface area contributed by atoms with E-state index >= 15 is 0 Å². The number of carbonyl (C=O) groups excluding carboxylic acids is 2. The lowest BCUT2D eigenvalue weighted by Gasteiger charge is -2.06. The maximum Gasteiger partial charge on any atom is 0.267 e.